The van der Waals surface area contributed by atoms with Crippen LogP contribution in [0.3, 0.4) is 0 Å². The van der Waals surface area contributed by atoms with Crippen LogP contribution in [0.2, 0.25) is 0 Å². The van der Waals surface area contributed by atoms with Gasteiger partial charge in [0.1, 0.15) is 5.75 Å². The standard InChI is InChI=1S/C17H21NO/c1-11-5-6-16(12(2)7-11)18-10-15-8-13(3)17(19)14(4)9-15/h5-9,18-19H,10H2,1-4H3. The van der Waals surface area contributed by atoms with E-state index in [1.54, 1.807) is 0 Å². The molecule has 0 unspecified atom stereocenters. The highest BCUT2D eigenvalue weighted by Crippen LogP contribution is 2.24. The lowest BCUT2D eigenvalue weighted by molar-refractivity contribution is 0.466. The zero-order valence-electron chi connectivity index (χ0n) is 12.0. The first-order valence-corrected chi connectivity index (χ1v) is 6.57. The molecule has 2 nitrogen and oxygen atoms in total. The van der Waals surface area contributed by atoms with Crippen molar-refractivity contribution in [1.29, 1.82) is 0 Å². The van der Waals surface area contributed by atoms with Crippen molar-refractivity contribution in [2.24, 2.45) is 0 Å². The van der Waals surface area contributed by atoms with E-state index in [9.17, 15) is 5.11 Å². The monoisotopic (exact) mass is 255 g/mol. The Kier molecular flexibility index (Phi) is 3.79. The van der Waals surface area contributed by atoms with Gasteiger partial charge >= 0.3 is 0 Å². The van der Waals surface area contributed by atoms with Gasteiger partial charge in [0.05, 0.1) is 0 Å². The van der Waals surface area contributed by atoms with E-state index in [0.717, 1.165) is 23.4 Å². The summed E-state index contributed by atoms with van der Waals surface area (Å²) in [5.41, 5.74) is 6.74. The summed E-state index contributed by atoms with van der Waals surface area (Å²) in [6.45, 7) is 8.85. The molecule has 0 aromatic heterocycles. The van der Waals surface area contributed by atoms with Crippen molar-refractivity contribution < 1.29 is 5.11 Å². The Morgan fingerprint density at radius 2 is 1.53 bits per heavy atom. The summed E-state index contributed by atoms with van der Waals surface area (Å²) in [5.74, 6) is 0.398. The minimum atomic E-state index is 0.398. The lowest BCUT2D eigenvalue weighted by atomic mass is 10.1. The summed E-state index contributed by atoms with van der Waals surface area (Å²) in [6, 6.07) is 10.5. The van der Waals surface area contributed by atoms with E-state index in [0.29, 0.717) is 5.75 Å². The van der Waals surface area contributed by atoms with E-state index >= 15 is 0 Å². The Morgan fingerprint density at radius 1 is 0.895 bits per heavy atom. The highest BCUT2D eigenvalue weighted by atomic mass is 16.3. The quantitative estimate of drug-likeness (QED) is 0.860. The fraction of sp³-hybridized carbons (Fsp3) is 0.294. The van der Waals surface area contributed by atoms with Gasteiger partial charge in [-0.05, 0) is 56.0 Å². The third kappa shape index (κ3) is 3.08. The number of rotatable bonds is 3. The number of nitrogens with one attached hydrogen (secondary N) is 1. The second-order valence-corrected chi connectivity index (χ2v) is 5.25. The van der Waals surface area contributed by atoms with Crippen molar-refractivity contribution in [3.8, 4) is 5.75 Å². The summed E-state index contributed by atoms with van der Waals surface area (Å²) < 4.78 is 0. The molecule has 0 radical (unpaired) electrons. The average Bonchev–Trinajstić information content (AvgIpc) is 2.34. The summed E-state index contributed by atoms with van der Waals surface area (Å²) in [4.78, 5) is 0. The Labute approximate surface area is 115 Å². The lowest BCUT2D eigenvalue weighted by Crippen LogP contribution is -2.02. The topological polar surface area (TPSA) is 32.3 Å². The van der Waals surface area contributed by atoms with Gasteiger partial charge in [0.25, 0.3) is 0 Å². The molecule has 0 aliphatic rings. The van der Waals surface area contributed by atoms with Crippen molar-refractivity contribution in [1.82, 2.24) is 0 Å². The zero-order chi connectivity index (χ0) is 14.0. The molecule has 0 heterocycles. The van der Waals surface area contributed by atoms with Crippen LogP contribution in [0.4, 0.5) is 5.69 Å². The molecule has 0 saturated heterocycles. The molecule has 0 atom stereocenters. The Hall–Kier alpha value is -1.96. The van der Waals surface area contributed by atoms with Crippen LogP contribution in [0.25, 0.3) is 0 Å². The molecule has 2 aromatic rings. The minimum absolute atomic E-state index is 0.398. The predicted molar refractivity (Wildman–Crippen MR) is 80.8 cm³/mol. The van der Waals surface area contributed by atoms with Crippen LogP contribution in [0.15, 0.2) is 30.3 Å². The lowest BCUT2D eigenvalue weighted by Gasteiger charge is -2.12. The van der Waals surface area contributed by atoms with Gasteiger partial charge < -0.3 is 10.4 Å². The van der Waals surface area contributed by atoms with Gasteiger partial charge in [-0.3, -0.25) is 0 Å². The number of phenols is 1. The van der Waals surface area contributed by atoms with Crippen LogP contribution in [-0.4, -0.2) is 5.11 Å². The SMILES string of the molecule is Cc1ccc(NCc2cc(C)c(O)c(C)c2)c(C)c1. The van der Waals surface area contributed by atoms with Crippen molar-refractivity contribution >= 4 is 5.69 Å². The van der Waals surface area contributed by atoms with Crippen LogP contribution in [0, 0.1) is 27.7 Å². The molecule has 0 aliphatic carbocycles. The van der Waals surface area contributed by atoms with Gasteiger partial charge in [-0.25, -0.2) is 0 Å². The number of anilines is 1. The van der Waals surface area contributed by atoms with Gasteiger partial charge in [0.15, 0.2) is 0 Å². The molecule has 0 fully saturated rings. The van der Waals surface area contributed by atoms with Gasteiger partial charge in [-0.15, -0.1) is 0 Å². The van der Waals surface area contributed by atoms with Crippen LogP contribution in [0.5, 0.6) is 5.75 Å². The second-order valence-electron chi connectivity index (χ2n) is 5.25. The molecule has 19 heavy (non-hydrogen) atoms. The first kappa shape index (κ1) is 13.5. The van der Waals surface area contributed by atoms with E-state index in [-0.39, 0.29) is 0 Å². The van der Waals surface area contributed by atoms with Gasteiger partial charge in [0, 0.05) is 12.2 Å². The molecule has 2 heteroatoms. The number of benzene rings is 2. The Bertz CT molecular complexity index is 579. The molecular weight excluding hydrogens is 234 g/mol. The van der Waals surface area contributed by atoms with E-state index < -0.39 is 0 Å². The van der Waals surface area contributed by atoms with Crippen molar-refractivity contribution in [3.05, 3.63) is 58.1 Å². The highest BCUT2D eigenvalue weighted by molar-refractivity contribution is 5.52. The molecular formula is C17H21NO. The maximum Gasteiger partial charge on any atom is 0.121 e. The Morgan fingerprint density at radius 3 is 2.11 bits per heavy atom. The molecule has 100 valence electrons. The first-order valence-electron chi connectivity index (χ1n) is 6.57. The molecule has 0 aliphatic heterocycles. The van der Waals surface area contributed by atoms with Crippen LogP contribution in [0.1, 0.15) is 27.8 Å². The largest absolute Gasteiger partial charge is 0.507 e. The van der Waals surface area contributed by atoms with Crippen molar-refractivity contribution in [3.63, 3.8) is 0 Å². The minimum Gasteiger partial charge on any atom is -0.507 e. The molecule has 2 aromatic carbocycles. The number of phenolic OH excluding ortho intramolecular Hbond substituents is 1. The molecule has 0 amide bonds. The number of hydrogen-bond acceptors (Lipinski definition) is 2. The van der Waals surface area contributed by atoms with E-state index in [2.05, 4.69) is 37.4 Å². The molecule has 0 bridgehead atoms. The van der Waals surface area contributed by atoms with E-state index in [4.69, 9.17) is 0 Å². The third-order valence-electron chi connectivity index (χ3n) is 3.42. The molecule has 0 spiro atoms. The van der Waals surface area contributed by atoms with Gasteiger partial charge in [-0.2, -0.15) is 0 Å². The van der Waals surface area contributed by atoms with Gasteiger partial charge in [0.2, 0.25) is 0 Å². The molecule has 2 N–H and O–H groups in total. The zero-order valence-corrected chi connectivity index (χ0v) is 12.0. The highest BCUT2D eigenvalue weighted by Gasteiger charge is 2.04. The van der Waals surface area contributed by atoms with Crippen LogP contribution >= 0.6 is 0 Å². The van der Waals surface area contributed by atoms with Crippen LogP contribution < -0.4 is 5.32 Å². The number of hydrogen-bond donors (Lipinski definition) is 2. The molecule has 2 rings (SSSR count). The summed E-state index contributed by atoms with van der Waals surface area (Å²) >= 11 is 0. The van der Waals surface area contributed by atoms with E-state index in [1.807, 2.05) is 26.0 Å². The fourth-order valence-electron chi connectivity index (χ4n) is 2.36. The number of aryl methyl sites for hydroxylation is 4. The fourth-order valence-corrected chi connectivity index (χ4v) is 2.36. The maximum absolute atomic E-state index is 9.77. The first-order chi connectivity index (χ1) is 8.97. The summed E-state index contributed by atoms with van der Waals surface area (Å²) in [6.07, 6.45) is 0. The third-order valence-corrected chi connectivity index (χ3v) is 3.42. The maximum atomic E-state index is 9.77. The Balaban J connectivity index is 2.14. The van der Waals surface area contributed by atoms with Crippen LogP contribution in [-0.2, 0) is 6.54 Å². The van der Waals surface area contributed by atoms with Gasteiger partial charge in [-0.1, -0.05) is 29.8 Å². The average molecular weight is 255 g/mol. The summed E-state index contributed by atoms with van der Waals surface area (Å²) in [7, 11) is 0. The van der Waals surface area contributed by atoms with Crippen molar-refractivity contribution in [2.45, 2.75) is 34.2 Å². The predicted octanol–water partition coefficient (Wildman–Crippen LogP) is 4.24. The summed E-state index contributed by atoms with van der Waals surface area (Å²) in [5, 5.41) is 13.2. The normalized spacial score (nSPS) is 10.5. The smallest absolute Gasteiger partial charge is 0.121 e. The number of aromatic hydroxyl groups is 1. The molecule has 0 saturated carbocycles. The van der Waals surface area contributed by atoms with E-state index in [1.165, 1.54) is 16.7 Å². The van der Waals surface area contributed by atoms with Crippen molar-refractivity contribution in [2.75, 3.05) is 5.32 Å². The second kappa shape index (κ2) is 5.35.